The average Bonchev–Trinajstić information content (AvgIpc) is 3.26. The Labute approximate surface area is 152 Å². The second-order valence-corrected chi connectivity index (χ2v) is 7.48. The van der Waals surface area contributed by atoms with Crippen LogP contribution in [0.4, 0.5) is 0 Å². The maximum atomic E-state index is 5.99. The van der Waals surface area contributed by atoms with Gasteiger partial charge >= 0.3 is 0 Å². The van der Waals surface area contributed by atoms with E-state index in [4.69, 9.17) is 11.6 Å². The molecule has 0 spiro atoms. The maximum Gasteiger partial charge on any atom is 0.0745 e. The van der Waals surface area contributed by atoms with Crippen molar-refractivity contribution in [1.82, 2.24) is 10.4 Å². The van der Waals surface area contributed by atoms with Crippen LogP contribution in [0.3, 0.4) is 0 Å². The Hall–Kier alpha value is -2.26. The van der Waals surface area contributed by atoms with Gasteiger partial charge in [0, 0.05) is 28.0 Å². The summed E-state index contributed by atoms with van der Waals surface area (Å²) in [5.41, 5.74) is 11.0. The van der Waals surface area contributed by atoms with E-state index in [0.717, 1.165) is 17.2 Å². The van der Waals surface area contributed by atoms with Crippen molar-refractivity contribution in [2.75, 3.05) is 0 Å². The number of halogens is 1. The van der Waals surface area contributed by atoms with E-state index in [1.165, 1.54) is 59.0 Å². The Balaban J connectivity index is 1.43. The van der Waals surface area contributed by atoms with Gasteiger partial charge < -0.3 is 10.4 Å². The van der Waals surface area contributed by atoms with Crippen molar-refractivity contribution in [2.24, 2.45) is 5.10 Å². The molecule has 3 nitrogen and oxygen atoms in total. The number of aryl methyl sites for hydroxylation is 2. The summed E-state index contributed by atoms with van der Waals surface area (Å²) in [5.74, 6) is 0. The number of aromatic nitrogens is 1. The first-order chi connectivity index (χ1) is 12.3. The van der Waals surface area contributed by atoms with Crippen LogP contribution in [0.5, 0.6) is 0 Å². The topological polar surface area (TPSA) is 40.2 Å². The Morgan fingerprint density at radius 2 is 1.84 bits per heavy atom. The summed E-state index contributed by atoms with van der Waals surface area (Å²) >= 11 is 5.99. The minimum Gasteiger partial charge on any atom is -0.358 e. The molecular formula is C21H20ClN3. The lowest BCUT2D eigenvalue weighted by molar-refractivity contribution is 0.620. The summed E-state index contributed by atoms with van der Waals surface area (Å²) in [4.78, 5) is 3.64. The summed E-state index contributed by atoms with van der Waals surface area (Å²) in [5, 5.41) is 6.75. The molecule has 0 radical (unpaired) electrons. The first-order valence-electron chi connectivity index (χ1n) is 8.99. The van der Waals surface area contributed by atoms with Crippen LogP contribution < -0.4 is 5.43 Å². The van der Waals surface area contributed by atoms with Gasteiger partial charge in [-0.1, -0.05) is 35.9 Å². The lowest BCUT2D eigenvalue weighted by Gasteiger charge is -2.10. The minimum atomic E-state index is 0.222. The van der Waals surface area contributed by atoms with Crippen molar-refractivity contribution in [2.45, 2.75) is 38.1 Å². The van der Waals surface area contributed by atoms with Crippen LogP contribution in [0.25, 0.3) is 10.9 Å². The molecule has 2 aromatic carbocycles. The standard InChI is InChI=1S/C21H20ClN3/c22-15-8-5-13(6-9-15)19-12-20(25-24-19)14-7-10-17-16-3-1-2-4-18(16)23-21(17)11-14/h5-11,19,23-24H,1-4,12H2. The van der Waals surface area contributed by atoms with Crippen LogP contribution in [0.2, 0.25) is 5.02 Å². The molecule has 0 saturated heterocycles. The zero-order chi connectivity index (χ0) is 16.8. The zero-order valence-electron chi connectivity index (χ0n) is 14.0. The van der Waals surface area contributed by atoms with Gasteiger partial charge in [-0.2, -0.15) is 5.10 Å². The Bertz CT molecular complexity index is 969. The molecule has 5 rings (SSSR count). The molecule has 1 atom stereocenters. The summed E-state index contributed by atoms with van der Waals surface area (Å²) in [7, 11) is 0. The highest BCUT2D eigenvalue weighted by atomic mass is 35.5. The molecule has 1 aliphatic heterocycles. The summed E-state index contributed by atoms with van der Waals surface area (Å²) in [6.07, 6.45) is 5.89. The van der Waals surface area contributed by atoms with E-state index in [9.17, 15) is 0 Å². The minimum absolute atomic E-state index is 0.222. The number of fused-ring (bicyclic) bond motifs is 3. The monoisotopic (exact) mass is 349 g/mol. The van der Waals surface area contributed by atoms with Crippen molar-refractivity contribution >= 4 is 28.2 Å². The molecule has 1 aliphatic carbocycles. The fourth-order valence-electron chi connectivity index (χ4n) is 4.10. The van der Waals surface area contributed by atoms with Gasteiger partial charge in [-0.05, 0) is 60.6 Å². The molecular weight excluding hydrogens is 330 g/mol. The van der Waals surface area contributed by atoms with E-state index in [2.05, 4.69) is 45.8 Å². The van der Waals surface area contributed by atoms with Gasteiger partial charge in [-0.25, -0.2) is 0 Å². The number of benzene rings is 2. The first kappa shape index (κ1) is 15.0. The fourth-order valence-corrected chi connectivity index (χ4v) is 4.23. The number of nitrogens with one attached hydrogen (secondary N) is 2. The van der Waals surface area contributed by atoms with Crippen molar-refractivity contribution in [3.63, 3.8) is 0 Å². The van der Waals surface area contributed by atoms with Crippen LogP contribution in [0, 0.1) is 0 Å². The second-order valence-electron chi connectivity index (χ2n) is 7.05. The predicted octanol–water partition coefficient (Wildman–Crippen LogP) is 5.14. The molecule has 0 amide bonds. The Morgan fingerprint density at radius 3 is 2.72 bits per heavy atom. The molecule has 0 saturated carbocycles. The average molecular weight is 350 g/mol. The zero-order valence-corrected chi connectivity index (χ0v) is 14.7. The van der Waals surface area contributed by atoms with Crippen LogP contribution >= 0.6 is 11.6 Å². The number of nitrogens with zero attached hydrogens (tertiary/aromatic N) is 1. The van der Waals surface area contributed by atoms with E-state index < -0.39 is 0 Å². The number of rotatable bonds is 2. The van der Waals surface area contributed by atoms with Crippen LogP contribution in [0.15, 0.2) is 47.6 Å². The van der Waals surface area contributed by atoms with Crippen molar-refractivity contribution in [3.8, 4) is 0 Å². The number of aromatic amines is 1. The summed E-state index contributed by atoms with van der Waals surface area (Å²) in [6, 6.07) is 15.0. The molecule has 1 unspecified atom stereocenters. The van der Waals surface area contributed by atoms with E-state index in [-0.39, 0.29) is 6.04 Å². The molecule has 3 aromatic rings. The Kier molecular flexibility index (Phi) is 3.56. The molecule has 1 aromatic heterocycles. The van der Waals surface area contributed by atoms with Gasteiger partial charge in [0.05, 0.1) is 11.8 Å². The fraction of sp³-hybridized carbons (Fsp3) is 0.286. The third kappa shape index (κ3) is 2.63. The van der Waals surface area contributed by atoms with Gasteiger partial charge in [0.1, 0.15) is 0 Å². The summed E-state index contributed by atoms with van der Waals surface area (Å²) < 4.78 is 0. The van der Waals surface area contributed by atoms with Crippen molar-refractivity contribution < 1.29 is 0 Å². The van der Waals surface area contributed by atoms with Gasteiger partial charge in [-0.3, -0.25) is 0 Å². The number of hydrogen-bond acceptors (Lipinski definition) is 2. The lowest BCUT2D eigenvalue weighted by atomic mass is 9.94. The largest absolute Gasteiger partial charge is 0.358 e. The SMILES string of the molecule is Clc1ccc(C2CC(c3ccc4c5c([nH]c4c3)CCCC5)=NN2)cc1. The van der Waals surface area contributed by atoms with E-state index in [1.807, 2.05) is 12.1 Å². The van der Waals surface area contributed by atoms with Crippen molar-refractivity contribution in [3.05, 3.63) is 69.9 Å². The molecule has 0 bridgehead atoms. The highest BCUT2D eigenvalue weighted by Gasteiger charge is 2.22. The van der Waals surface area contributed by atoms with Gasteiger partial charge in [-0.15, -0.1) is 0 Å². The highest BCUT2D eigenvalue weighted by Crippen LogP contribution is 2.31. The number of H-pyrrole nitrogens is 1. The first-order valence-corrected chi connectivity index (χ1v) is 9.37. The third-order valence-corrected chi connectivity index (χ3v) is 5.71. The molecule has 0 fully saturated rings. The quantitative estimate of drug-likeness (QED) is 0.660. The molecule has 25 heavy (non-hydrogen) atoms. The smallest absolute Gasteiger partial charge is 0.0745 e. The van der Waals surface area contributed by atoms with Gasteiger partial charge in [0.15, 0.2) is 0 Å². The highest BCUT2D eigenvalue weighted by molar-refractivity contribution is 6.30. The lowest BCUT2D eigenvalue weighted by Crippen LogP contribution is -2.09. The van der Waals surface area contributed by atoms with Crippen LogP contribution in [-0.2, 0) is 12.8 Å². The molecule has 126 valence electrons. The predicted molar refractivity (Wildman–Crippen MR) is 103 cm³/mol. The van der Waals surface area contributed by atoms with Gasteiger partial charge in [0.25, 0.3) is 0 Å². The van der Waals surface area contributed by atoms with E-state index in [0.29, 0.717) is 0 Å². The van der Waals surface area contributed by atoms with Crippen molar-refractivity contribution in [1.29, 1.82) is 0 Å². The molecule has 2 N–H and O–H groups in total. The Morgan fingerprint density at radius 1 is 1.00 bits per heavy atom. The normalized spacial score (nSPS) is 19.6. The molecule has 4 heteroatoms. The number of hydrazone groups is 1. The van der Waals surface area contributed by atoms with E-state index >= 15 is 0 Å². The van der Waals surface area contributed by atoms with Gasteiger partial charge in [0.2, 0.25) is 0 Å². The maximum absolute atomic E-state index is 5.99. The van der Waals surface area contributed by atoms with Crippen LogP contribution in [0.1, 0.15) is 47.7 Å². The summed E-state index contributed by atoms with van der Waals surface area (Å²) in [6.45, 7) is 0. The molecule has 2 heterocycles. The van der Waals surface area contributed by atoms with E-state index in [1.54, 1.807) is 0 Å². The second kappa shape index (κ2) is 5.92. The van der Waals surface area contributed by atoms with Crippen LogP contribution in [-0.4, -0.2) is 10.7 Å². The number of hydrogen-bond donors (Lipinski definition) is 2. The molecule has 2 aliphatic rings. The third-order valence-electron chi connectivity index (χ3n) is 5.46.